The highest BCUT2D eigenvalue weighted by Gasteiger charge is 2.18. The van der Waals surface area contributed by atoms with Gasteiger partial charge >= 0.3 is 0 Å². The van der Waals surface area contributed by atoms with Gasteiger partial charge in [0.05, 0.1) is 6.04 Å². The number of hydrogen-bond donors (Lipinski definition) is 2. The van der Waals surface area contributed by atoms with Crippen LogP contribution in [0.2, 0.25) is 5.02 Å². The minimum Gasteiger partial charge on any atom is -0.457 e. The minimum absolute atomic E-state index is 0.0522. The molecule has 31 heavy (non-hydrogen) atoms. The summed E-state index contributed by atoms with van der Waals surface area (Å²) < 4.78 is 5.74. The van der Waals surface area contributed by atoms with Crippen LogP contribution in [0.5, 0.6) is 11.5 Å². The van der Waals surface area contributed by atoms with Crippen LogP contribution < -0.4 is 15.8 Å². The van der Waals surface area contributed by atoms with E-state index < -0.39 is 5.91 Å². The zero-order chi connectivity index (χ0) is 22.4. The molecule has 1 atom stereocenters. The summed E-state index contributed by atoms with van der Waals surface area (Å²) in [4.78, 5) is 25.8. The van der Waals surface area contributed by atoms with Crippen molar-refractivity contribution in [2.75, 3.05) is 20.6 Å². The summed E-state index contributed by atoms with van der Waals surface area (Å²) in [7, 11) is 3.89. The van der Waals surface area contributed by atoms with E-state index in [1.54, 1.807) is 48.5 Å². The summed E-state index contributed by atoms with van der Waals surface area (Å²) in [5.74, 6) is 0.464. The van der Waals surface area contributed by atoms with Crippen LogP contribution in [-0.2, 0) is 0 Å². The fourth-order valence-electron chi connectivity index (χ4n) is 3.11. The lowest BCUT2D eigenvalue weighted by Gasteiger charge is -2.26. The van der Waals surface area contributed by atoms with Crippen LogP contribution in [0.15, 0.2) is 72.8 Å². The molecule has 0 heterocycles. The van der Waals surface area contributed by atoms with Crippen molar-refractivity contribution in [3.63, 3.8) is 0 Å². The van der Waals surface area contributed by atoms with Gasteiger partial charge in [0, 0.05) is 22.7 Å². The predicted molar refractivity (Wildman–Crippen MR) is 122 cm³/mol. The normalized spacial score (nSPS) is 11.7. The Morgan fingerprint density at radius 1 is 0.935 bits per heavy atom. The van der Waals surface area contributed by atoms with E-state index in [4.69, 9.17) is 22.1 Å². The van der Waals surface area contributed by atoms with Crippen LogP contribution in [0.4, 0.5) is 0 Å². The summed E-state index contributed by atoms with van der Waals surface area (Å²) in [6.45, 7) is 0.417. The zero-order valence-electron chi connectivity index (χ0n) is 17.3. The first-order valence-electron chi connectivity index (χ1n) is 9.72. The van der Waals surface area contributed by atoms with E-state index in [0.717, 1.165) is 5.56 Å². The standard InChI is InChI=1S/C24H24ClN3O3/c1-28(2)22(20-5-3-4-6-21(20)25)15-27-24(30)17-9-13-19(14-10-17)31-18-11-7-16(8-12-18)23(26)29/h3-14,22H,15H2,1-2H3,(H2,26,29)(H,27,30). The minimum atomic E-state index is -0.493. The van der Waals surface area contributed by atoms with Crippen molar-refractivity contribution in [3.8, 4) is 11.5 Å². The number of rotatable bonds is 8. The maximum absolute atomic E-state index is 12.6. The SMILES string of the molecule is CN(C)C(CNC(=O)c1ccc(Oc2ccc(C(N)=O)cc2)cc1)c1ccccc1Cl. The Hall–Kier alpha value is -3.35. The molecule has 3 N–H and O–H groups in total. The van der Waals surface area contributed by atoms with E-state index >= 15 is 0 Å². The Morgan fingerprint density at radius 3 is 2.00 bits per heavy atom. The molecule has 0 saturated heterocycles. The Balaban J connectivity index is 1.62. The second kappa shape index (κ2) is 10.1. The fourth-order valence-corrected chi connectivity index (χ4v) is 3.37. The molecule has 0 aromatic heterocycles. The molecule has 0 fully saturated rings. The second-order valence-electron chi connectivity index (χ2n) is 7.23. The summed E-state index contributed by atoms with van der Waals surface area (Å²) >= 11 is 6.33. The molecule has 0 aliphatic heterocycles. The number of carbonyl (C=O) groups excluding carboxylic acids is 2. The van der Waals surface area contributed by atoms with Gasteiger partial charge in [0.1, 0.15) is 11.5 Å². The van der Waals surface area contributed by atoms with Crippen molar-refractivity contribution in [2.24, 2.45) is 5.73 Å². The summed E-state index contributed by atoms with van der Waals surface area (Å²) in [6, 6.07) is 20.9. The van der Waals surface area contributed by atoms with Gasteiger partial charge in [-0.2, -0.15) is 0 Å². The zero-order valence-corrected chi connectivity index (χ0v) is 18.1. The van der Waals surface area contributed by atoms with Gasteiger partial charge in [0.2, 0.25) is 5.91 Å². The number of likely N-dealkylation sites (N-methyl/N-ethyl adjacent to an activating group) is 1. The largest absolute Gasteiger partial charge is 0.457 e. The van der Waals surface area contributed by atoms with E-state index in [-0.39, 0.29) is 11.9 Å². The third kappa shape index (κ3) is 5.84. The van der Waals surface area contributed by atoms with E-state index in [2.05, 4.69) is 5.32 Å². The number of hydrogen-bond acceptors (Lipinski definition) is 4. The summed E-state index contributed by atoms with van der Waals surface area (Å²) in [5, 5.41) is 3.64. The quantitative estimate of drug-likeness (QED) is 0.551. The number of benzene rings is 3. The Kier molecular flexibility index (Phi) is 7.28. The van der Waals surface area contributed by atoms with Crippen molar-refractivity contribution in [2.45, 2.75) is 6.04 Å². The molecule has 0 aliphatic rings. The van der Waals surface area contributed by atoms with Gasteiger partial charge < -0.3 is 20.7 Å². The van der Waals surface area contributed by atoms with Crippen LogP contribution in [0.1, 0.15) is 32.3 Å². The van der Waals surface area contributed by atoms with Gasteiger partial charge in [-0.15, -0.1) is 0 Å². The van der Waals surface area contributed by atoms with Crippen molar-refractivity contribution >= 4 is 23.4 Å². The van der Waals surface area contributed by atoms with E-state index in [9.17, 15) is 9.59 Å². The molecule has 3 rings (SSSR count). The lowest BCUT2D eigenvalue weighted by atomic mass is 10.1. The molecule has 2 amide bonds. The Labute approximate surface area is 186 Å². The fraction of sp³-hybridized carbons (Fsp3) is 0.167. The molecule has 0 aliphatic carbocycles. The molecule has 0 radical (unpaired) electrons. The van der Waals surface area contributed by atoms with Crippen LogP contribution >= 0.6 is 11.6 Å². The van der Waals surface area contributed by atoms with Crippen molar-refractivity contribution in [1.82, 2.24) is 10.2 Å². The number of carbonyl (C=O) groups is 2. The number of nitrogens with one attached hydrogen (secondary N) is 1. The summed E-state index contributed by atoms with van der Waals surface area (Å²) in [5.41, 5.74) is 7.12. The third-order valence-electron chi connectivity index (χ3n) is 4.83. The van der Waals surface area contributed by atoms with Gasteiger partial charge in [0.25, 0.3) is 5.91 Å². The molecule has 0 spiro atoms. The van der Waals surface area contributed by atoms with Crippen molar-refractivity contribution < 1.29 is 14.3 Å². The lowest BCUT2D eigenvalue weighted by molar-refractivity contribution is 0.0940. The van der Waals surface area contributed by atoms with Gasteiger partial charge in [-0.05, 0) is 74.3 Å². The molecule has 0 saturated carbocycles. The van der Waals surface area contributed by atoms with Crippen molar-refractivity contribution in [3.05, 3.63) is 94.5 Å². The molecular formula is C24H24ClN3O3. The maximum atomic E-state index is 12.6. The number of primary amides is 1. The molecule has 6 nitrogen and oxygen atoms in total. The first-order chi connectivity index (χ1) is 14.8. The maximum Gasteiger partial charge on any atom is 0.251 e. The molecular weight excluding hydrogens is 414 g/mol. The van der Waals surface area contributed by atoms with Gasteiger partial charge in [-0.3, -0.25) is 9.59 Å². The third-order valence-corrected chi connectivity index (χ3v) is 5.18. The van der Waals surface area contributed by atoms with Gasteiger partial charge in [-0.1, -0.05) is 29.8 Å². The highest BCUT2D eigenvalue weighted by Crippen LogP contribution is 2.26. The predicted octanol–water partition coefficient (Wildman–Crippen LogP) is 4.26. The van der Waals surface area contributed by atoms with Crippen LogP contribution in [0.3, 0.4) is 0 Å². The molecule has 3 aromatic rings. The first kappa shape index (κ1) is 22.3. The molecule has 3 aromatic carbocycles. The van der Waals surface area contributed by atoms with Gasteiger partial charge in [0.15, 0.2) is 0 Å². The Bertz CT molecular complexity index is 1050. The summed E-state index contributed by atoms with van der Waals surface area (Å²) in [6.07, 6.45) is 0. The van der Waals surface area contributed by atoms with Crippen LogP contribution in [0.25, 0.3) is 0 Å². The first-order valence-corrected chi connectivity index (χ1v) is 10.1. The number of amides is 2. The number of halogens is 1. The average Bonchev–Trinajstić information content (AvgIpc) is 2.75. The van der Waals surface area contributed by atoms with Gasteiger partial charge in [-0.25, -0.2) is 0 Å². The Morgan fingerprint density at radius 2 is 1.48 bits per heavy atom. The van der Waals surface area contributed by atoms with E-state index in [0.29, 0.717) is 34.2 Å². The van der Waals surface area contributed by atoms with Crippen LogP contribution in [0, 0.1) is 0 Å². The van der Waals surface area contributed by atoms with E-state index in [1.165, 1.54) is 0 Å². The molecule has 160 valence electrons. The highest BCUT2D eigenvalue weighted by molar-refractivity contribution is 6.31. The van der Waals surface area contributed by atoms with Crippen LogP contribution in [-0.4, -0.2) is 37.4 Å². The number of nitrogens with zero attached hydrogens (tertiary/aromatic N) is 1. The number of nitrogens with two attached hydrogens (primary N) is 1. The molecule has 1 unspecified atom stereocenters. The molecule has 7 heteroatoms. The topological polar surface area (TPSA) is 84.7 Å². The average molecular weight is 438 g/mol. The number of ether oxygens (including phenoxy) is 1. The van der Waals surface area contributed by atoms with Crippen molar-refractivity contribution in [1.29, 1.82) is 0 Å². The molecule has 0 bridgehead atoms. The monoisotopic (exact) mass is 437 g/mol. The second-order valence-corrected chi connectivity index (χ2v) is 7.63. The smallest absolute Gasteiger partial charge is 0.251 e. The lowest BCUT2D eigenvalue weighted by Crippen LogP contribution is -2.34. The van der Waals surface area contributed by atoms with E-state index in [1.807, 2.05) is 43.3 Å². The highest BCUT2D eigenvalue weighted by atomic mass is 35.5.